The first-order chi connectivity index (χ1) is 13.7. The zero-order valence-electron chi connectivity index (χ0n) is 16.6. The van der Waals surface area contributed by atoms with E-state index in [0.29, 0.717) is 17.2 Å². The topological polar surface area (TPSA) is 55.4 Å². The molecule has 1 N–H and O–H groups in total. The lowest BCUT2D eigenvalue weighted by Gasteiger charge is -2.23. The third kappa shape index (κ3) is 4.95. The van der Waals surface area contributed by atoms with Gasteiger partial charge in [0.1, 0.15) is 22.2 Å². The Morgan fingerprint density at radius 1 is 0.897 bits per heavy atom. The summed E-state index contributed by atoms with van der Waals surface area (Å²) in [5.74, 6) is 0.469. The lowest BCUT2D eigenvalue weighted by atomic mass is 9.82. The summed E-state index contributed by atoms with van der Waals surface area (Å²) in [7, 11) is -4.00. The van der Waals surface area contributed by atoms with E-state index in [1.54, 1.807) is 24.3 Å². The van der Waals surface area contributed by atoms with Gasteiger partial charge in [-0.05, 0) is 65.9 Å². The molecule has 0 atom stereocenters. The molecule has 4 nitrogen and oxygen atoms in total. The molecular weight excluding hydrogens is 389 g/mol. The van der Waals surface area contributed by atoms with Crippen LogP contribution in [-0.2, 0) is 15.4 Å². The van der Waals surface area contributed by atoms with Crippen molar-refractivity contribution in [2.24, 2.45) is 0 Å². The molecule has 0 aliphatic rings. The fraction of sp³-hybridized carbons (Fsp3) is 0.217. The average Bonchev–Trinajstić information content (AvgIpc) is 2.70. The number of anilines is 1. The van der Waals surface area contributed by atoms with Crippen LogP contribution in [0.2, 0.25) is 0 Å². The maximum absolute atomic E-state index is 13.8. The van der Waals surface area contributed by atoms with E-state index in [1.807, 2.05) is 12.1 Å². The molecule has 29 heavy (non-hydrogen) atoms. The Bertz CT molecular complexity index is 1080. The molecule has 0 aromatic heterocycles. The van der Waals surface area contributed by atoms with Gasteiger partial charge in [-0.1, -0.05) is 45.0 Å². The minimum atomic E-state index is -4.00. The van der Waals surface area contributed by atoms with Crippen LogP contribution in [0.15, 0.2) is 77.7 Å². The Morgan fingerprint density at radius 3 is 2.00 bits per heavy atom. The number of ether oxygens (including phenoxy) is 1. The Morgan fingerprint density at radius 2 is 1.45 bits per heavy atom. The first-order valence-corrected chi connectivity index (χ1v) is 10.9. The van der Waals surface area contributed by atoms with Crippen LogP contribution in [0.1, 0.15) is 32.8 Å². The number of benzene rings is 3. The predicted molar refractivity (Wildman–Crippen MR) is 113 cm³/mol. The summed E-state index contributed by atoms with van der Waals surface area (Å²) in [4.78, 5) is -0.393. The van der Waals surface area contributed by atoms with Crippen molar-refractivity contribution in [3.05, 3.63) is 84.2 Å². The molecule has 0 spiro atoms. The standard InChI is InChI=1S/C23H24FNO3S/c1-4-23(2,3)17-9-13-19(14-10-17)28-20-15-11-18(12-16-20)25-29(26,27)22-8-6-5-7-21(22)24/h5-16,25H,4H2,1-3H3. The summed E-state index contributed by atoms with van der Waals surface area (Å²) >= 11 is 0. The van der Waals surface area contributed by atoms with Crippen molar-refractivity contribution in [1.29, 1.82) is 0 Å². The predicted octanol–water partition coefficient (Wildman–Crippen LogP) is 6.11. The van der Waals surface area contributed by atoms with Crippen molar-refractivity contribution in [2.75, 3.05) is 4.72 Å². The van der Waals surface area contributed by atoms with Gasteiger partial charge in [-0.25, -0.2) is 12.8 Å². The van der Waals surface area contributed by atoms with E-state index in [-0.39, 0.29) is 5.41 Å². The lowest BCUT2D eigenvalue weighted by molar-refractivity contribution is 0.478. The van der Waals surface area contributed by atoms with E-state index >= 15 is 0 Å². The van der Waals surface area contributed by atoms with E-state index in [9.17, 15) is 12.8 Å². The van der Waals surface area contributed by atoms with Crippen LogP contribution in [0.4, 0.5) is 10.1 Å². The maximum atomic E-state index is 13.8. The van der Waals surface area contributed by atoms with Gasteiger partial charge < -0.3 is 4.74 Å². The molecule has 0 fully saturated rings. The zero-order valence-corrected chi connectivity index (χ0v) is 17.5. The SMILES string of the molecule is CCC(C)(C)c1ccc(Oc2ccc(NS(=O)(=O)c3ccccc3F)cc2)cc1. The Labute approximate surface area is 171 Å². The van der Waals surface area contributed by atoms with Gasteiger partial charge in [0.2, 0.25) is 0 Å². The zero-order chi connectivity index (χ0) is 21.1. The summed E-state index contributed by atoms with van der Waals surface area (Å²) in [6, 6.07) is 19.6. The monoisotopic (exact) mass is 413 g/mol. The fourth-order valence-electron chi connectivity index (χ4n) is 2.78. The maximum Gasteiger partial charge on any atom is 0.264 e. The molecule has 3 rings (SSSR count). The van der Waals surface area contributed by atoms with Crippen molar-refractivity contribution < 1.29 is 17.5 Å². The normalized spacial score (nSPS) is 11.9. The minimum absolute atomic E-state index is 0.107. The lowest BCUT2D eigenvalue weighted by Crippen LogP contribution is -2.14. The van der Waals surface area contributed by atoms with Crippen molar-refractivity contribution in [2.45, 2.75) is 37.5 Å². The Kier molecular flexibility index (Phi) is 5.94. The summed E-state index contributed by atoms with van der Waals surface area (Å²) in [6.45, 7) is 6.56. The summed E-state index contributed by atoms with van der Waals surface area (Å²) in [5.41, 5.74) is 1.67. The first-order valence-electron chi connectivity index (χ1n) is 9.37. The van der Waals surface area contributed by atoms with Crippen LogP contribution in [0.3, 0.4) is 0 Å². The van der Waals surface area contributed by atoms with Gasteiger partial charge in [-0.3, -0.25) is 4.72 Å². The van der Waals surface area contributed by atoms with Crippen LogP contribution in [0.25, 0.3) is 0 Å². The molecule has 152 valence electrons. The smallest absolute Gasteiger partial charge is 0.264 e. The second kappa shape index (κ2) is 8.25. The molecule has 0 heterocycles. The van der Waals surface area contributed by atoms with Crippen LogP contribution in [0, 0.1) is 5.82 Å². The van der Waals surface area contributed by atoms with E-state index in [2.05, 4.69) is 37.6 Å². The third-order valence-corrected chi connectivity index (χ3v) is 6.40. The Hall–Kier alpha value is -2.86. The number of rotatable bonds is 7. The second-order valence-corrected chi connectivity index (χ2v) is 9.07. The van der Waals surface area contributed by atoms with Crippen molar-refractivity contribution in [3.8, 4) is 11.5 Å². The molecule has 3 aromatic carbocycles. The molecule has 0 aliphatic carbocycles. The van der Waals surface area contributed by atoms with Crippen LogP contribution in [0.5, 0.6) is 11.5 Å². The highest BCUT2D eigenvalue weighted by Gasteiger charge is 2.19. The van der Waals surface area contributed by atoms with Gasteiger partial charge >= 0.3 is 0 Å². The van der Waals surface area contributed by atoms with Gasteiger partial charge in [-0.2, -0.15) is 0 Å². The van der Waals surface area contributed by atoms with Gasteiger partial charge in [-0.15, -0.1) is 0 Å². The third-order valence-electron chi connectivity index (χ3n) is 4.99. The molecule has 0 saturated carbocycles. The molecule has 0 amide bonds. The quantitative estimate of drug-likeness (QED) is 0.509. The van der Waals surface area contributed by atoms with E-state index in [1.165, 1.54) is 23.8 Å². The van der Waals surface area contributed by atoms with Gasteiger partial charge in [0.25, 0.3) is 10.0 Å². The number of hydrogen-bond donors (Lipinski definition) is 1. The molecule has 0 bridgehead atoms. The highest BCUT2D eigenvalue weighted by Crippen LogP contribution is 2.30. The van der Waals surface area contributed by atoms with E-state index in [4.69, 9.17) is 4.74 Å². The first kappa shape index (κ1) is 20.9. The largest absolute Gasteiger partial charge is 0.457 e. The van der Waals surface area contributed by atoms with Gasteiger partial charge in [0.05, 0.1) is 0 Å². The summed E-state index contributed by atoms with van der Waals surface area (Å²) < 4.78 is 46.7. The number of sulfonamides is 1. The van der Waals surface area contributed by atoms with Crippen LogP contribution in [-0.4, -0.2) is 8.42 Å². The molecule has 0 saturated heterocycles. The molecule has 0 unspecified atom stereocenters. The van der Waals surface area contributed by atoms with E-state index < -0.39 is 20.7 Å². The van der Waals surface area contributed by atoms with Crippen LogP contribution < -0.4 is 9.46 Å². The van der Waals surface area contributed by atoms with Crippen molar-refractivity contribution in [3.63, 3.8) is 0 Å². The fourth-order valence-corrected chi connectivity index (χ4v) is 3.92. The summed E-state index contributed by atoms with van der Waals surface area (Å²) in [6.07, 6.45) is 1.04. The number of halogens is 1. The van der Waals surface area contributed by atoms with Gasteiger partial charge in [0.15, 0.2) is 0 Å². The van der Waals surface area contributed by atoms with E-state index in [0.717, 1.165) is 12.5 Å². The van der Waals surface area contributed by atoms with Crippen LogP contribution >= 0.6 is 0 Å². The highest BCUT2D eigenvalue weighted by atomic mass is 32.2. The number of hydrogen-bond acceptors (Lipinski definition) is 3. The molecule has 0 aliphatic heterocycles. The molecule has 6 heteroatoms. The second-order valence-electron chi connectivity index (χ2n) is 7.42. The highest BCUT2D eigenvalue weighted by molar-refractivity contribution is 7.92. The van der Waals surface area contributed by atoms with Crippen molar-refractivity contribution >= 4 is 15.7 Å². The molecule has 3 aromatic rings. The molecule has 0 radical (unpaired) electrons. The Balaban J connectivity index is 1.70. The van der Waals surface area contributed by atoms with Crippen molar-refractivity contribution in [1.82, 2.24) is 0 Å². The van der Waals surface area contributed by atoms with Gasteiger partial charge in [0, 0.05) is 5.69 Å². The number of nitrogens with one attached hydrogen (secondary N) is 1. The summed E-state index contributed by atoms with van der Waals surface area (Å²) in [5, 5.41) is 0. The average molecular weight is 414 g/mol. The minimum Gasteiger partial charge on any atom is -0.457 e. The molecular formula is C23H24FNO3S.